The summed E-state index contributed by atoms with van der Waals surface area (Å²) in [6, 6.07) is 6.00. The Morgan fingerprint density at radius 3 is 2.95 bits per heavy atom. The normalized spacial score (nSPS) is 24.2. The Morgan fingerprint density at radius 1 is 1.45 bits per heavy atom. The molecular weight excluding hydrogens is 272 g/mol. The summed E-state index contributed by atoms with van der Waals surface area (Å²) in [6.07, 6.45) is 4.66. The van der Waals surface area contributed by atoms with Crippen LogP contribution in [0.2, 0.25) is 5.02 Å². The molecule has 2 fully saturated rings. The summed E-state index contributed by atoms with van der Waals surface area (Å²) in [5.41, 5.74) is 1.63. The largest absolute Gasteiger partial charge is 0.384 e. The summed E-state index contributed by atoms with van der Waals surface area (Å²) < 4.78 is 0. The monoisotopic (exact) mass is 292 g/mol. The fourth-order valence-corrected chi connectivity index (χ4v) is 3.61. The highest BCUT2D eigenvalue weighted by Crippen LogP contribution is 2.38. The topological polar surface area (TPSA) is 32.3 Å². The molecule has 1 aliphatic carbocycles. The number of nitrogens with one attached hydrogen (secondary N) is 1. The zero-order chi connectivity index (χ0) is 14.1. The van der Waals surface area contributed by atoms with E-state index in [1.54, 1.807) is 6.07 Å². The Kier molecular flexibility index (Phi) is 3.88. The van der Waals surface area contributed by atoms with Crippen LogP contribution in [0.25, 0.3) is 0 Å². The second-order valence-corrected chi connectivity index (χ2v) is 6.34. The molecular formula is C16H21ClN2O. The highest BCUT2D eigenvalue weighted by Gasteiger charge is 2.40. The lowest BCUT2D eigenvalue weighted by Crippen LogP contribution is -2.38. The van der Waals surface area contributed by atoms with Gasteiger partial charge in [-0.15, -0.1) is 0 Å². The van der Waals surface area contributed by atoms with Crippen LogP contribution in [0, 0.1) is 5.92 Å². The first-order chi connectivity index (χ1) is 9.69. The number of carbonyl (C=O) groups is 1. The van der Waals surface area contributed by atoms with Gasteiger partial charge in [-0.3, -0.25) is 4.79 Å². The first-order valence-corrected chi connectivity index (χ1v) is 7.91. The van der Waals surface area contributed by atoms with Gasteiger partial charge in [-0.1, -0.05) is 18.5 Å². The third-order valence-corrected chi connectivity index (χ3v) is 4.68. The molecule has 0 aromatic heterocycles. The van der Waals surface area contributed by atoms with Crippen LogP contribution < -0.4 is 5.32 Å². The van der Waals surface area contributed by atoms with Crippen LogP contribution in [0.15, 0.2) is 18.2 Å². The predicted molar refractivity (Wildman–Crippen MR) is 82.4 cm³/mol. The van der Waals surface area contributed by atoms with Gasteiger partial charge in [-0.05, 0) is 49.8 Å². The molecule has 1 N–H and O–H groups in total. The molecule has 1 aromatic rings. The number of benzene rings is 1. The summed E-state index contributed by atoms with van der Waals surface area (Å²) in [5.74, 6) is 0.855. The molecule has 2 bridgehead atoms. The van der Waals surface area contributed by atoms with Gasteiger partial charge in [0.25, 0.3) is 5.91 Å². The number of fused-ring (bicyclic) bond motifs is 2. The molecule has 2 unspecified atom stereocenters. The van der Waals surface area contributed by atoms with Gasteiger partial charge in [0.1, 0.15) is 0 Å². The smallest absolute Gasteiger partial charge is 0.256 e. The van der Waals surface area contributed by atoms with Gasteiger partial charge in [0.2, 0.25) is 0 Å². The maximum Gasteiger partial charge on any atom is 0.256 e. The van der Waals surface area contributed by atoms with Gasteiger partial charge >= 0.3 is 0 Å². The number of nitrogens with zero attached hydrogens (tertiary/aromatic N) is 1. The average molecular weight is 293 g/mol. The summed E-state index contributed by atoms with van der Waals surface area (Å²) in [6.45, 7) is 3.90. The molecule has 0 spiro atoms. The minimum atomic E-state index is 0.137. The molecule has 4 heteroatoms. The van der Waals surface area contributed by atoms with Gasteiger partial charge in [0.05, 0.1) is 5.56 Å². The Labute approximate surface area is 125 Å². The molecule has 20 heavy (non-hydrogen) atoms. The number of carbonyl (C=O) groups excluding carboxylic acids is 1. The molecule has 3 nitrogen and oxygen atoms in total. The Hall–Kier alpha value is -1.22. The lowest BCUT2D eigenvalue weighted by Gasteiger charge is -2.28. The van der Waals surface area contributed by atoms with Crippen molar-refractivity contribution in [1.82, 2.24) is 4.90 Å². The molecule has 3 rings (SSSR count). The second-order valence-electron chi connectivity index (χ2n) is 5.91. The lowest BCUT2D eigenvalue weighted by atomic mass is 10.1. The third kappa shape index (κ3) is 2.51. The van der Waals surface area contributed by atoms with E-state index in [2.05, 4.69) is 17.1 Å². The third-order valence-electron chi connectivity index (χ3n) is 4.45. The highest BCUT2D eigenvalue weighted by molar-refractivity contribution is 6.31. The van der Waals surface area contributed by atoms with E-state index in [4.69, 9.17) is 11.6 Å². The van der Waals surface area contributed by atoms with E-state index in [9.17, 15) is 4.79 Å². The molecule has 0 radical (unpaired) electrons. The van der Waals surface area contributed by atoms with Crippen molar-refractivity contribution in [1.29, 1.82) is 0 Å². The number of likely N-dealkylation sites (tertiary alicyclic amines) is 1. The van der Waals surface area contributed by atoms with Crippen LogP contribution in [0.3, 0.4) is 0 Å². The molecule has 108 valence electrons. The van der Waals surface area contributed by atoms with Crippen molar-refractivity contribution in [2.24, 2.45) is 5.92 Å². The van der Waals surface area contributed by atoms with Crippen LogP contribution in [0.1, 0.15) is 43.0 Å². The molecule has 1 heterocycles. The predicted octanol–water partition coefficient (Wildman–Crippen LogP) is 3.79. The van der Waals surface area contributed by atoms with Crippen LogP contribution in [-0.4, -0.2) is 29.9 Å². The zero-order valence-electron chi connectivity index (χ0n) is 11.9. The number of anilines is 1. The fraction of sp³-hybridized carbons (Fsp3) is 0.562. The van der Waals surface area contributed by atoms with Crippen LogP contribution >= 0.6 is 11.6 Å². The van der Waals surface area contributed by atoms with Crippen molar-refractivity contribution in [3.8, 4) is 0 Å². The molecule has 2 aliphatic rings. The Balaban J connectivity index is 1.84. The van der Waals surface area contributed by atoms with Crippen molar-refractivity contribution in [3.63, 3.8) is 0 Å². The minimum Gasteiger partial charge on any atom is -0.384 e. The Morgan fingerprint density at radius 2 is 2.30 bits per heavy atom. The maximum absolute atomic E-state index is 12.8. The average Bonchev–Trinajstić information content (AvgIpc) is 3.08. The Bertz CT molecular complexity index is 517. The molecule has 1 aliphatic heterocycles. The number of hydrogen-bond acceptors (Lipinski definition) is 2. The van der Waals surface area contributed by atoms with Crippen molar-refractivity contribution in [2.75, 3.05) is 18.4 Å². The summed E-state index contributed by atoms with van der Waals surface area (Å²) in [5, 5.41) is 3.96. The fourth-order valence-electron chi connectivity index (χ4n) is 3.44. The van der Waals surface area contributed by atoms with E-state index in [1.807, 2.05) is 12.1 Å². The number of piperidine rings is 1. The van der Waals surface area contributed by atoms with Gasteiger partial charge in [-0.2, -0.15) is 0 Å². The highest BCUT2D eigenvalue weighted by atomic mass is 35.5. The van der Waals surface area contributed by atoms with Crippen molar-refractivity contribution in [2.45, 2.75) is 38.6 Å². The first kappa shape index (κ1) is 13.7. The molecule has 2 atom stereocenters. The van der Waals surface area contributed by atoms with Crippen molar-refractivity contribution < 1.29 is 4.79 Å². The van der Waals surface area contributed by atoms with Crippen molar-refractivity contribution >= 4 is 23.2 Å². The first-order valence-electron chi connectivity index (χ1n) is 7.53. The summed E-state index contributed by atoms with van der Waals surface area (Å²) in [7, 11) is 0. The van der Waals surface area contributed by atoms with Gasteiger partial charge in [0.15, 0.2) is 0 Å². The quantitative estimate of drug-likeness (QED) is 0.916. The van der Waals surface area contributed by atoms with E-state index < -0.39 is 0 Å². The molecule has 1 saturated carbocycles. The van der Waals surface area contributed by atoms with E-state index in [0.717, 1.165) is 43.1 Å². The number of amides is 1. The number of halogens is 1. The van der Waals surface area contributed by atoms with Crippen molar-refractivity contribution in [3.05, 3.63) is 28.8 Å². The summed E-state index contributed by atoms with van der Waals surface area (Å²) in [4.78, 5) is 14.9. The summed E-state index contributed by atoms with van der Waals surface area (Å²) >= 11 is 6.08. The number of rotatable bonds is 4. The van der Waals surface area contributed by atoms with E-state index in [-0.39, 0.29) is 5.91 Å². The molecule has 1 amide bonds. The minimum absolute atomic E-state index is 0.137. The molecule has 1 aromatic carbocycles. The van der Waals surface area contributed by atoms with Gasteiger partial charge in [0, 0.05) is 29.8 Å². The van der Waals surface area contributed by atoms with Crippen LogP contribution in [0.5, 0.6) is 0 Å². The SMILES string of the molecule is CCCNc1ccc(Cl)cc1C(=O)N1CC2CCC1C2. The lowest BCUT2D eigenvalue weighted by molar-refractivity contribution is 0.0704. The standard InChI is InChI=1S/C16H21ClN2O/c1-2-7-18-15-6-4-12(17)9-14(15)16(20)19-10-11-3-5-13(19)8-11/h4,6,9,11,13,18H,2-3,5,7-8,10H2,1H3. The van der Waals surface area contributed by atoms with E-state index >= 15 is 0 Å². The molecule has 1 saturated heterocycles. The van der Waals surface area contributed by atoms with Crippen LogP contribution in [-0.2, 0) is 0 Å². The number of hydrogen-bond donors (Lipinski definition) is 1. The second kappa shape index (κ2) is 5.65. The van der Waals surface area contributed by atoms with Gasteiger partial charge in [-0.25, -0.2) is 0 Å². The van der Waals surface area contributed by atoms with E-state index in [0.29, 0.717) is 11.1 Å². The van der Waals surface area contributed by atoms with Crippen LogP contribution in [0.4, 0.5) is 5.69 Å². The van der Waals surface area contributed by atoms with Gasteiger partial charge < -0.3 is 10.2 Å². The maximum atomic E-state index is 12.8. The van der Waals surface area contributed by atoms with E-state index in [1.165, 1.54) is 12.8 Å². The zero-order valence-corrected chi connectivity index (χ0v) is 12.6.